The highest BCUT2D eigenvalue weighted by atomic mass is 19.1. The molecule has 1 aromatic heterocycles. The predicted molar refractivity (Wildman–Crippen MR) is 110 cm³/mol. The molecule has 1 amide bonds. The van der Waals surface area contributed by atoms with Crippen LogP contribution in [-0.4, -0.2) is 10.9 Å². The zero-order valence-electron chi connectivity index (χ0n) is 15.0. The lowest BCUT2D eigenvalue weighted by molar-refractivity contribution is -0.115. The van der Waals surface area contributed by atoms with E-state index in [2.05, 4.69) is 15.6 Å². The third-order valence-corrected chi connectivity index (χ3v) is 4.39. The Kier molecular flexibility index (Phi) is 4.97. The molecule has 0 atom stereocenters. The van der Waals surface area contributed by atoms with Crippen molar-refractivity contribution in [3.05, 3.63) is 96.4 Å². The molecule has 0 bridgehead atoms. The van der Waals surface area contributed by atoms with Crippen LogP contribution in [0.1, 0.15) is 5.56 Å². The van der Waals surface area contributed by atoms with E-state index in [1.807, 2.05) is 42.5 Å². The van der Waals surface area contributed by atoms with E-state index in [1.165, 1.54) is 6.07 Å². The molecule has 2 N–H and O–H groups in total. The van der Waals surface area contributed by atoms with Gasteiger partial charge in [0, 0.05) is 23.0 Å². The number of benzene rings is 3. The average molecular weight is 371 g/mol. The van der Waals surface area contributed by atoms with Gasteiger partial charge in [0.25, 0.3) is 0 Å². The molecule has 0 aliphatic carbocycles. The fourth-order valence-corrected chi connectivity index (χ4v) is 3.02. The van der Waals surface area contributed by atoms with Crippen molar-refractivity contribution in [2.24, 2.45) is 0 Å². The molecule has 1 heterocycles. The molecule has 0 aliphatic heterocycles. The number of para-hydroxylation sites is 1. The molecule has 0 spiro atoms. The molecule has 3 aromatic carbocycles. The zero-order valence-corrected chi connectivity index (χ0v) is 15.0. The molecule has 4 rings (SSSR count). The highest BCUT2D eigenvalue weighted by Crippen LogP contribution is 2.25. The van der Waals surface area contributed by atoms with Gasteiger partial charge in [-0.15, -0.1) is 0 Å². The smallest absolute Gasteiger partial charge is 0.228 e. The highest BCUT2D eigenvalue weighted by Gasteiger charge is 2.08. The summed E-state index contributed by atoms with van der Waals surface area (Å²) in [4.78, 5) is 16.6. The van der Waals surface area contributed by atoms with E-state index in [0.29, 0.717) is 11.3 Å². The molecule has 5 heteroatoms. The van der Waals surface area contributed by atoms with Crippen molar-refractivity contribution in [1.82, 2.24) is 4.98 Å². The standard InChI is InChI=1S/C23H18FN3O/c24-20-8-2-1-5-17(20)15-22(28)27-19-12-10-18(11-13-19)26-21-9-3-6-16-7-4-14-25-23(16)21/h1-14,26H,15H2,(H,27,28). The molecule has 0 unspecified atom stereocenters. The first-order valence-electron chi connectivity index (χ1n) is 8.93. The van der Waals surface area contributed by atoms with Crippen molar-refractivity contribution >= 4 is 33.9 Å². The van der Waals surface area contributed by atoms with Crippen LogP contribution in [0.5, 0.6) is 0 Å². The molecule has 0 radical (unpaired) electrons. The van der Waals surface area contributed by atoms with Crippen LogP contribution >= 0.6 is 0 Å². The number of carbonyl (C=O) groups excluding carboxylic acids is 1. The van der Waals surface area contributed by atoms with E-state index in [4.69, 9.17) is 0 Å². The minimum absolute atomic E-state index is 0.00561. The van der Waals surface area contributed by atoms with Crippen LogP contribution < -0.4 is 10.6 Å². The lowest BCUT2D eigenvalue weighted by atomic mass is 10.1. The van der Waals surface area contributed by atoms with E-state index in [0.717, 1.165) is 22.3 Å². The zero-order chi connectivity index (χ0) is 19.3. The highest BCUT2D eigenvalue weighted by molar-refractivity contribution is 5.93. The second-order valence-electron chi connectivity index (χ2n) is 6.40. The maximum atomic E-state index is 13.7. The summed E-state index contributed by atoms with van der Waals surface area (Å²) in [6, 6.07) is 23.5. The van der Waals surface area contributed by atoms with Gasteiger partial charge in [0.05, 0.1) is 17.6 Å². The third kappa shape index (κ3) is 3.99. The summed E-state index contributed by atoms with van der Waals surface area (Å²) >= 11 is 0. The Hall–Kier alpha value is -3.73. The molecular weight excluding hydrogens is 353 g/mol. The fraction of sp³-hybridized carbons (Fsp3) is 0.0435. The summed E-state index contributed by atoms with van der Waals surface area (Å²) in [5, 5.41) is 7.20. The Balaban J connectivity index is 1.44. The number of carbonyl (C=O) groups is 1. The average Bonchev–Trinajstić information content (AvgIpc) is 2.71. The van der Waals surface area contributed by atoms with Crippen molar-refractivity contribution in [1.29, 1.82) is 0 Å². The second-order valence-corrected chi connectivity index (χ2v) is 6.40. The van der Waals surface area contributed by atoms with Gasteiger partial charge in [-0.25, -0.2) is 4.39 Å². The number of amides is 1. The third-order valence-electron chi connectivity index (χ3n) is 4.39. The normalized spacial score (nSPS) is 10.6. The Bertz CT molecular complexity index is 1120. The van der Waals surface area contributed by atoms with Gasteiger partial charge in [-0.1, -0.05) is 36.4 Å². The van der Waals surface area contributed by atoms with Gasteiger partial charge < -0.3 is 10.6 Å². The maximum Gasteiger partial charge on any atom is 0.228 e. The van der Waals surface area contributed by atoms with Crippen molar-refractivity contribution < 1.29 is 9.18 Å². The van der Waals surface area contributed by atoms with Crippen molar-refractivity contribution in [2.45, 2.75) is 6.42 Å². The van der Waals surface area contributed by atoms with Crippen LogP contribution in [0.15, 0.2) is 85.1 Å². The van der Waals surface area contributed by atoms with Crippen molar-refractivity contribution in [2.75, 3.05) is 10.6 Å². The number of hydrogen-bond acceptors (Lipinski definition) is 3. The SMILES string of the molecule is O=C(Cc1ccccc1F)Nc1ccc(Nc2cccc3cccnc23)cc1. The minimum atomic E-state index is -0.374. The van der Waals surface area contributed by atoms with E-state index >= 15 is 0 Å². The van der Waals surface area contributed by atoms with Crippen molar-refractivity contribution in [3.8, 4) is 0 Å². The molecule has 0 aliphatic rings. The predicted octanol–water partition coefficient (Wildman–Crippen LogP) is 5.30. The summed E-state index contributed by atoms with van der Waals surface area (Å²) in [5.74, 6) is -0.634. The van der Waals surface area contributed by atoms with E-state index < -0.39 is 0 Å². The van der Waals surface area contributed by atoms with Gasteiger partial charge in [0.15, 0.2) is 0 Å². The van der Waals surface area contributed by atoms with E-state index in [9.17, 15) is 9.18 Å². The largest absolute Gasteiger partial charge is 0.354 e. The maximum absolute atomic E-state index is 13.7. The number of fused-ring (bicyclic) bond motifs is 1. The molecule has 138 valence electrons. The number of anilines is 3. The number of halogens is 1. The number of nitrogens with one attached hydrogen (secondary N) is 2. The number of pyridine rings is 1. The molecule has 4 aromatic rings. The lowest BCUT2D eigenvalue weighted by Gasteiger charge is -2.10. The number of aromatic nitrogens is 1. The van der Waals surface area contributed by atoms with Gasteiger partial charge in [-0.05, 0) is 48.0 Å². The number of nitrogens with zero attached hydrogens (tertiary/aromatic N) is 1. The molecule has 0 saturated heterocycles. The quantitative estimate of drug-likeness (QED) is 0.501. The van der Waals surface area contributed by atoms with Crippen LogP contribution in [0.3, 0.4) is 0 Å². The fourth-order valence-electron chi connectivity index (χ4n) is 3.02. The topological polar surface area (TPSA) is 54.0 Å². The van der Waals surface area contributed by atoms with Crippen LogP contribution in [-0.2, 0) is 11.2 Å². The summed E-state index contributed by atoms with van der Waals surface area (Å²) in [5.41, 5.74) is 3.72. The monoisotopic (exact) mass is 371 g/mol. The van der Waals surface area contributed by atoms with Crippen molar-refractivity contribution in [3.63, 3.8) is 0 Å². The first-order valence-corrected chi connectivity index (χ1v) is 8.93. The molecule has 0 fully saturated rings. The van der Waals surface area contributed by atoms with Crippen LogP contribution in [0.2, 0.25) is 0 Å². The Labute approximate surface area is 162 Å². The summed E-state index contributed by atoms with van der Waals surface area (Å²) < 4.78 is 13.7. The number of hydrogen-bond donors (Lipinski definition) is 2. The van der Waals surface area contributed by atoms with Gasteiger partial charge >= 0.3 is 0 Å². The van der Waals surface area contributed by atoms with Gasteiger partial charge in [0.2, 0.25) is 5.91 Å². The Morgan fingerprint density at radius 2 is 1.61 bits per heavy atom. The lowest BCUT2D eigenvalue weighted by Crippen LogP contribution is -2.15. The molecular formula is C23H18FN3O. The summed E-state index contributed by atoms with van der Waals surface area (Å²) in [6.07, 6.45) is 1.76. The molecule has 28 heavy (non-hydrogen) atoms. The first kappa shape index (κ1) is 17.7. The van der Waals surface area contributed by atoms with Gasteiger partial charge in [-0.2, -0.15) is 0 Å². The Morgan fingerprint density at radius 3 is 2.43 bits per heavy atom. The van der Waals surface area contributed by atoms with Crippen LogP contribution in [0.25, 0.3) is 10.9 Å². The van der Waals surface area contributed by atoms with Gasteiger partial charge in [0.1, 0.15) is 5.82 Å². The molecule has 4 nitrogen and oxygen atoms in total. The Morgan fingerprint density at radius 1 is 0.857 bits per heavy atom. The van der Waals surface area contributed by atoms with E-state index in [-0.39, 0.29) is 18.1 Å². The second kappa shape index (κ2) is 7.88. The van der Waals surface area contributed by atoms with Crippen LogP contribution in [0, 0.1) is 5.82 Å². The van der Waals surface area contributed by atoms with Crippen LogP contribution in [0.4, 0.5) is 21.5 Å². The first-order chi connectivity index (χ1) is 13.7. The summed E-state index contributed by atoms with van der Waals surface area (Å²) in [6.45, 7) is 0. The summed E-state index contributed by atoms with van der Waals surface area (Å²) in [7, 11) is 0. The minimum Gasteiger partial charge on any atom is -0.354 e. The van der Waals surface area contributed by atoms with E-state index in [1.54, 1.807) is 36.5 Å². The van der Waals surface area contributed by atoms with Gasteiger partial charge in [-0.3, -0.25) is 9.78 Å². The number of rotatable bonds is 5. The molecule has 0 saturated carbocycles.